The van der Waals surface area contributed by atoms with Crippen molar-refractivity contribution in [1.29, 1.82) is 0 Å². The molecule has 0 spiro atoms. The normalized spacial score (nSPS) is 13.3. The van der Waals surface area contributed by atoms with Gasteiger partial charge in [0.1, 0.15) is 0 Å². The number of nitrogens with two attached hydrogens (primary N) is 1. The molecule has 0 amide bonds. The lowest BCUT2D eigenvalue weighted by molar-refractivity contribution is 0.647. The van der Waals surface area contributed by atoms with E-state index >= 15 is 0 Å². The second kappa shape index (κ2) is 4.33. The number of thiophene rings is 1. The van der Waals surface area contributed by atoms with Gasteiger partial charge in [-0.05, 0) is 53.8 Å². The van der Waals surface area contributed by atoms with Gasteiger partial charge in [0.15, 0.2) is 0 Å². The zero-order chi connectivity index (χ0) is 10.8. The first-order valence-corrected chi connectivity index (χ1v) is 6.31. The van der Waals surface area contributed by atoms with E-state index in [0.29, 0.717) is 6.04 Å². The molecule has 1 aromatic heterocycles. The molecule has 1 heterocycles. The molecule has 0 bridgehead atoms. The summed E-state index contributed by atoms with van der Waals surface area (Å²) in [7, 11) is 0. The first kappa shape index (κ1) is 10.7. The molecular formula is C13H17NS. The number of hydrogen-bond acceptors (Lipinski definition) is 2. The largest absolute Gasteiger partial charge is 0.327 e. The van der Waals surface area contributed by atoms with Crippen LogP contribution in [0.4, 0.5) is 0 Å². The Morgan fingerprint density at radius 2 is 2.20 bits per heavy atom. The van der Waals surface area contributed by atoms with Gasteiger partial charge in [0.2, 0.25) is 0 Å². The van der Waals surface area contributed by atoms with Crippen LogP contribution in [0.25, 0.3) is 10.1 Å². The zero-order valence-corrected chi connectivity index (χ0v) is 10.1. The molecule has 0 aliphatic carbocycles. The van der Waals surface area contributed by atoms with Gasteiger partial charge in [-0.3, -0.25) is 0 Å². The van der Waals surface area contributed by atoms with Crippen molar-refractivity contribution < 1.29 is 0 Å². The second-order valence-corrected chi connectivity index (χ2v) is 5.03. The average molecular weight is 219 g/mol. The Morgan fingerprint density at radius 1 is 1.40 bits per heavy atom. The van der Waals surface area contributed by atoms with Crippen molar-refractivity contribution >= 4 is 21.4 Å². The van der Waals surface area contributed by atoms with Crippen LogP contribution >= 0.6 is 11.3 Å². The minimum Gasteiger partial charge on any atom is -0.327 e. The van der Waals surface area contributed by atoms with Gasteiger partial charge in [-0.1, -0.05) is 13.0 Å². The van der Waals surface area contributed by atoms with Crippen molar-refractivity contribution in [2.45, 2.75) is 32.7 Å². The molecule has 2 aromatic rings. The minimum atomic E-state index is 0.293. The standard InChI is InChI=1S/C13H17NS/c1-3-11(14)6-10-4-5-13-12(7-10)9(2)8-15-13/h4-5,7-8,11H,3,6,14H2,1-2H3. The molecule has 0 saturated carbocycles. The van der Waals surface area contributed by atoms with Crippen LogP contribution in [0, 0.1) is 6.92 Å². The van der Waals surface area contributed by atoms with Crippen molar-refractivity contribution in [3.8, 4) is 0 Å². The van der Waals surface area contributed by atoms with E-state index in [4.69, 9.17) is 5.73 Å². The molecule has 0 saturated heterocycles. The third-order valence-corrected chi connectivity index (χ3v) is 3.94. The first-order chi connectivity index (χ1) is 7.20. The summed E-state index contributed by atoms with van der Waals surface area (Å²) in [5.41, 5.74) is 8.70. The molecule has 1 atom stereocenters. The summed E-state index contributed by atoms with van der Waals surface area (Å²) in [6, 6.07) is 7.00. The predicted molar refractivity (Wildman–Crippen MR) is 68.5 cm³/mol. The quantitative estimate of drug-likeness (QED) is 0.840. The molecular weight excluding hydrogens is 202 g/mol. The van der Waals surface area contributed by atoms with Crippen LogP contribution < -0.4 is 5.73 Å². The minimum absolute atomic E-state index is 0.293. The summed E-state index contributed by atoms with van der Waals surface area (Å²) in [4.78, 5) is 0. The van der Waals surface area contributed by atoms with E-state index in [0.717, 1.165) is 12.8 Å². The van der Waals surface area contributed by atoms with Gasteiger partial charge in [-0.15, -0.1) is 11.3 Å². The second-order valence-electron chi connectivity index (χ2n) is 4.12. The Labute approximate surface area is 94.9 Å². The average Bonchev–Trinajstić information content (AvgIpc) is 2.60. The van der Waals surface area contributed by atoms with Crippen LogP contribution in [0.1, 0.15) is 24.5 Å². The maximum Gasteiger partial charge on any atom is 0.0345 e. The SMILES string of the molecule is CCC(N)Cc1ccc2scc(C)c2c1. The topological polar surface area (TPSA) is 26.0 Å². The van der Waals surface area contributed by atoms with Crippen molar-refractivity contribution in [2.24, 2.45) is 5.73 Å². The van der Waals surface area contributed by atoms with Gasteiger partial charge in [0, 0.05) is 10.7 Å². The molecule has 0 aliphatic heterocycles. The molecule has 0 radical (unpaired) electrons. The summed E-state index contributed by atoms with van der Waals surface area (Å²) >= 11 is 1.82. The molecule has 0 fully saturated rings. The lowest BCUT2D eigenvalue weighted by Crippen LogP contribution is -2.21. The smallest absolute Gasteiger partial charge is 0.0345 e. The number of hydrogen-bond donors (Lipinski definition) is 1. The monoisotopic (exact) mass is 219 g/mol. The van der Waals surface area contributed by atoms with Crippen molar-refractivity contribution in [2.75, 3.05) is 0 Å². The summed E-state index contributed by atoms with van der Waals surface area (Å²) in [6.45, 7) is 4.31. The highest BCUT2D eigenvalue weighted by Gasteiger charge is 2.04. The van der Waals surface area contributed by atoms with E-state index in [1.54, 1.807) is 0 Å². The maximum absolute atomic E-state index is 5.97. The lowest BCUT2D eigenvalue weighted by Gasteiger charge is -2.08. The van der Waals surface area contributed by atoms with Gasteiger partial charge in [-0.2, -0.15) is 0 Å². The summed E-state index contributed by atoms with van der Waals surface area (Å²) in [6.07, 6.45) is 2.03. The van der Waals surface area contributed by atoms with Crippen molar-refractivity contribution in [3.63, 3.8) is 0 Å². The fourth-order valence-corrected chi connectivity index (χ4v) is 2.70. The molecule has 80 valence electrons. The van der Waals surface area contributed by atoms with E-state index in [-0.39, 0.29) is 0 Å². The zero-order valence-electron chi connectivity index (χ0n) is 9.29. The van der Waals surface area contributed by atoms with Gasteiger partial charge in [0.05, 0.1) is 0 Å². The number of aryl methyl sites for hydroxylation is 1. The third-order valence-electron chi connectivity index (χ3n) is 2.85. The van der Waals surface area contributed by atoms with Gasteiger partial charge in [0.25, 0.3) is 0 Å². The molecule has 1 unspecified atom stereocenters. The lowest BCUT2D eigenvalue weighted by atomic mass is 10.0. The Kier molecular flexibility index (Phi) is 3.08. The molecule has 2 N–H and O–H groups in total. The fourth-order valence-electron chi connectivity index (χ4n) is 1.78. The van der Waals surface area contributed by atoms with Crippen LogP contribution in [0.3, 0.4) is 0 Å². The van der Waals surface area contributed by atoms with Gasteiger partial charge in [-0.25, -0.2) is 0 Å². The van der Waals surface area contributed by atoms with E-state index in [9.17, 15) is 0 Å². The molecule has 1 nitrogen and oxygen atoms in total. The molecule has 15 heavy (non-hydrogen) atoms. The number of fused-ring (bicyclic) bond motifs is 1. The number of benzene rings is 1. The van der Waals surface area contributed by atoms with E-state index < -0.39 is 0 Å². The highest BCUT2D eigenvalue weighted by atomic mass is 32.1. The first-order valence-electron chi connectivity index (χ1n) is 5.43. The Morgan fingerprint density at radius 3 is 2.93 bits per heavy atom. The molecule has 2 heteroatoms. The summed E-state index contributed by atoms with van der Waals surface area (Å²) in [5.74, 6) is 0. The van der Waals surface area contributed by atoms with Crippen LogP contribution in [0.5, 0.6) is 0 Å². The van der Waals surface area contributed by atoms with E-state index in [1.165, 1.54) is 21.2 Å². The number of rotatable bonds is 3. The van der Waals surface area contributed by atoms with Crippen LogP contribution in [-0.4, -0.2) is 6.04 Å². The van der Waals surface area contributed by atoms with Crippen molar-refractivity contribution in [3.05, 3.63) is 34.7 Å². The predicted octanol–water partition coefficient (Wildman–Crippen LogP) is 3.49. The van der Waals surface area contributed by atoms with Gasteiger partial charge >= 0.3 is 0 Å². The molecule has 1 aromatic carbocycles. The summed E-state index contributed by atoms with van der Waals surface area (Å²) < 4.78 is 1.38. The Hall–Kier alpha value is -0.860. The van der Waals surface area contributed by atoms with Crippen LogP contribution in [0.2, 0.25) is 0 Å². The highest BCUT2D eigenvalue weighted by molar-refractivity contribution is 7.17. The Bertz CT molecular complexity index is 459. The Balaban J connectivity index is 2.33. The third kappa shape index (κ3) is 2.21. The maximum atomic E-state index is 5.97. The van der Waals surface area contributed by atoms with E-state index in [1.807, 2.05) is 11.3 Å². The molecule has 2 rings (SSSR count). The highest BCUT2D eigenvalue weighted by Crippen LogP contribution is 2.26. The van der Waals surface area contributed by atoms with Gasteiger partial charge < -0.3 is 5.73 Å². The van der Waals surface area contributed by atoms with Crippen LogP contribution in [-0.2, 0) is 6.42 Å². The van der Waals surface area contributed by atoms with Crippen LogP contribution in [0.15, 0.2) is 23.6 Å². The fraction of sp³-hybridized carbons (Fsp3) is 0.385. The van der Waals surface area contributed by atoms with Crippen molar-refractivity contribution in [1.82, 2.24) is 0 Å². The molecule has 0 aliphatic rings. The summed E-state index contributed by atoms with van der Waals surface area (Å²) in [5, 5.41) is 3.61. The van der Waals surface area contributed by atoms with E-state index in [2.05, 4.69) is 37.4 Å².